The number of ketones is 1. The van der Waals surface area contributed by atoms with E-state index in [4.69, 9.17) is 0 Å². The molecule has 0 spiro atoms. The molecule has 134 valence electrons. The van der Waals surface area contributed by atoms with Crippen molar-refractivity contribution in [2.45, 2.75) is 46.5 Å². The zero-order chi connectivity index (χ0) is 18.7. The Kier molecular flexibility index (Phi) is 5.51. The smallest absolute Gasteiger partial charge is 0.167 e. The lowest BCUT2D eigenvalue weighted by Crippen LogP contribution is -2.10. The molecule has 0 unspecified atom stereocenters. The van der Waals surface area contributed by atoms with Crippen molar-refractivity contribution >= 4 is 11.4 Å². The molecule has 1 atom stereocenters. The molecule has 2 aromatic rings. The Morgan fingerprint density at radius 3 is 2.58 bits per heavy atom. The molecule has 0 amide bonds. The summed E-state index contributed by atoms with van der Waals surface area (Å²) in [5.74, 6) is 0.734. The maximum atomic E-state index is 12.5. The highest BCUT2D eigenvalue weighted by Crippen LogP contribution is 2.38. The van der Waals surface area contributed by atoms with Gasteiger partial charge in [-0.2, -0.15) is 0 Å². The van der Waals surface area contributed by atoms with Crippen molar-refractivity contribution in [1.29, 1.82) is 0 Å². The first kappa shape index (κ1) is 18.3. The number of nitrogens with zero attached hydrogens (tertiary/aromatic N) is 1. The number of Topliss-reactive ketones (excluding diaryl/α,β-unsaturated/α-hetero) is 1. The van der Waals surface area contributed by atoms with Gasteiger partial charge in [0.2, 0.25) is 0 Å². The van der Waals surface area contributed by atoms with Gasteiger partial charge in [0.1, 0.15) is 0 Å². The molecule has 0 radical (unpaired) electrons. The van der Waals surface area contributed by atoms with Gasteiger partial charge in [0.25, 0.3) is 0 Å². The predicted octanol–water partition coefficient (Wildman–Crippen LogP) is 5.97. The highest BCUT2D eigenvalue weighted by molar-refractivity contribution is 5.98. The number of allylic oxidation sites excluding steroid dienone is 3. The standard InChI is InChI=1S/C24H27NO/c1-16(2)21-8-5-17(3)23(14-21)20-9-6-19(7-10-20)13-24(26)22-11-12-25-15-18(22)4/h6-7,9-12,15,21H,1,5,8,13-14H2,2-4H3/t21-/m1/s1. The second kappa shape index (κ2) is 7.82. The van der Waals surface area contributed by atoms with Crippen LogP contribution < -0.4 is 0 Å². The molecule has 0 saturated heterocycles. The largest absolute Gasteiger partial charge is 0.294 e. The van der Waals surface area contributed by atoms with Crippen LogP contribution in [0.4, 0.5) is 0 Å². The molecule has 1 heterocycles. The van der Waals surface area contributed by atoms with Gasteiger partial charge in [0.15, 0.2) is 5.78 Å². The van der Waals surface area contributed by atoms with E-state index in [0.717, 1.165) is 29.5 Å². The number of rotatable bonds is 5. The van der Waals surface area contributed by atoms with Crippen molar-refractivity contribution < 1.29 is 4.79 Å². The predicted molar refractivity (Wildman–Crippen MR) is 108 cm³/mol. The molecule has 1 aromatic heterocycles. The quantitative estimate of drug-likeness (QED) is 0.494. The zero-order valence-electron chi connectivity index (χ0n) is 16.0. The van der Waals surface area contributed by atoms with Gasteiger partial charge in [-0.05, 0) is 74.3 Å². The fourth-order valence-electron chi connectivity index (χ4n) is 3.74. The lowest BCUT2D eigenvalue weighted by molar-refractivity contribution is 0.0992. The minimum absolute atomic E-state index is 0.146. The summed E-state index contributed by atoms with van der Waals surface area (Å²) in [6, 6.07) is 10.3. The molecule has 2 nitrogen and oxygen atoms in total. The lowest BCUT2D eigenvalue weighted by Gasteiger charge is -2.26. The van der Waals surface area contributed by atoms with E-state index in [9.17, 15) is 4.79 Å². The van der Waals surface area contributed by atoms with Crippen LogP contribution in [0.25, 0.3) is 5.57 Å². The fourth-order valence-corrected chi connectivity index (χ4v) is 3.74. The van der Waals surface area contributed by atoms with Crippen LogP contribution >= 0.6 is 0 Å². The summed E-state index contributed by atoms with van der Waals surface area (Å²) in [6.45, 7) is 10.5. The number of carbonyl (C=O) groups is 1. The highest BCUT2D eigenvalue weighted by atomic mass is 16.1. The van der Waals surface area contributed by atoms with E-state index in [1.54, 1.807) is 18.5 Å². The Hall–Kier alpha value is -2.48. The Balaban J connectivity index is 1.75. The van der Waals surface area contributed by atoms with Crippen molar-refractivity contribution in [3.8, 4) is 0 Å². The third-order valence-corrected chi connectivity index (χ3v) is 5.52. The molecular weight excluding hydrogens is 318 g/mol. The Morgan fingerprint density at radius 1 is 1.19 bits per heavy atom. The van der Waals surface area contributed by atoms with Gasteiger partial charge < -0.3 is 0 Å². The number of hydrogen-bond donors (Lipinski definition) is 0. The fraction of sp³-hybridized carbons (Fsp3) is 0.333. The van der Waals surface area contributed by atoms with Crippen LogP contribution in [0.2, 0.25) is 0 Å². The maximum Gasteiger partial charge on any atom is 0.167 e. The van der Waals surface area contributed by atoms with Crippen LogP contribution in [0, 0.1) is 12.8 Å². The van der Waals surface area contributed by atoms with Crippen LogP contribution in [0.15, 0.2) is 60.5 Å². The molecule has 0 saturated carbocycles. The summed E-state index contributed by atoms with van der Waals surface area (Å²) < 4.78 is 0. The van der Waals surface area contributed by atoms with Gasteiger partial charge in [-0.3, -0.25) is 9.78 Å². The summed E-state index contributed by atoms with van der Waals surface area (Å²) in [6.07, 6.45) is 7.29. The number of aromatic nitrogens is 1. The van der Waals surface area contributed by atoms with Crippen molar-refractivity contribution in [1.82, 2.24) is 4.98 Å². The molecular formula is C24H27NO. The lowest BCUT2D eigenvalue weighted by atomic mass is 9.79. The van der Waals surface area contributed by atoms with E-state index in [1.165, 1.54) is 28.7 Å². The molecule has 2 heteroatoms. The van der Waals surface area contributed by atoms with Gasteiger partial charge >= 0.3 is 0 Å². The molecule has 26 heavy (non-hydrogen) atoms. The Morgan fingerprint density at radius 2 is 1.92 bits per heavy atom. The number of hydrogen-bond acceptors (Lipinski definition) is 2. The van der Waals surface area contributed by atoms with Crippen LogP contribution in [-0.2, 0) is 6.42 Å². The van der Waals surface area contributed by atoms with Crippen molar-refractivity contribution in [2.75, 3.05) is 0 Å². The molecule has 0 fully saturated rings. The summed E-state index contributed by atoms with van der Waals surface area (Å²) in [4.78, 5) is 16.6. The summed E-state index contributed by atoms with van der Waals surface area (Å²) >= 11 is 0. The van der Waals surface area contributed by atoms with Gasteiger partial charge in [-0.25, -0.2) is 0 Å². The maximum absolute atomic E-state index is 12.5. The molecule has 1 aliphatic rings. The first-order valence-corrected chi connectivity index (χ1v) is 9.33. The molecule has 1 aromatic carbocycles. The van der Waals surface area contributed by atoms with Crippen molar-refractivity contribution in [3.05, 3.63) is 82.7 Å². The second-order valence-electron chi connectivity index (χ2n) is 7.53. The van der Waals surface area contributed by atoms with Crippen molar-refractivity contribution in [3.63, 3.8) is 0 Å². The molecule has 3 rings (SSSR count). The van der Waals surface area contributed by atoms with E-state index in [1.807, 2.05) is 6.92 Å². The van der Waals surface area contributed by atoms with Gasteiger partial charge in [0.05, 0.1) is 0 Å². The Bertz CT molecular complexity index is 858. The first-order valence-electron chi connectivity index (χ1n) is 9.33. The monoisotopic (exact) mass is 345 g/mol. The minimum atomic E-state index is 0.146. The topological polar surface area (TPSA) is 30.0 Å². The van der Waals surface area contributed by atoms with E-state index in [-0.39, 0.29) is 5.78 Å². The SMILES string of the molecule is C=C(C)[C@@H]1CCC(C)=C(c2ccc(CC(=O)c3ccncc3C)cc2)C1. The second-order valence-corrected chi connectivity index (χ2v) is 7.53. The molecule has 0 N–H and O–H groups in total. The highest BCUT2D eigenvalue weighted by Gasteiger charge is 2.20. The van der Waals surface area contributed by atoms with E-state index < -0.39 is 0 Å². The van der Waals surface area contributed by atoms with E-state index in [0.29, 0.717) is 12.3 Å². The van der Waals surface area contributed by atoms with E-state index in [2.05, 4.69) is 49.7 Å². The van der Waals surface area contributed by atoms with Gasteiger partial charge in [0, 0.05) is 24.4 Å². The van der Waals surface area contributed by atoms with Crippen LogP contribution in [0.3, 0.4) is 0 Å². The average Bonchev–Trinajstić information content (AvgIpc) is 2.63. The van der Waals surface area contributed by atoms with Crippen LogP contribution in [-0.4, -0.2) is 10.8 Å². The summed E-state index contributed by atoms with van der Waals surface area (Å²) in [5.41, 5.74) is 8.25. The third-order valence-electron chi connectivity index (χ3n) is 5.52. The first-order chi connectivity index (χ1) is 12.5. The van der Waals surface area contributed by atoms with Gasteiger partial charge in [-0.1, -0.05) is 42.0 Å². The zero-order valence-corrected chi connectivity index (χ0v) is 16.0. The van der Waals surface area contributed by atoms with Crippen LogP contribution in [0.1, 0.15) is 60.2 Å². The number of carbonyl (C=O) groups excluding carboxylic acids is 1. The molecule has 0 bridgehead atoms. The summed E-state index contributed by atoms with van der Waals surface area (Å²) in [5, 5.41) is 0. The normalized spacial score (nSPS) is 17.3. The number of benzene rings is 1. The van der Waals surface area contributed by atoms with Crippen molar-refractivity contribution in [2.24, 2.45) is 5.92 Å². The number of pyridine rings is 1. The number of aryl methyl sites for hydroxylation is 1. The summed E-state index contributed by atoms with van der Waals surface area (Å²) in [7, 11) is 0. The Labute approximate surface area is 156 Å². The van der Waals surface area contributed by atoms with Gasteiger partial charge in [-0.15, -0.1) is 0 Å². The molecule has 0 aliphatic heterocycles. The average molecular weight is 345 g/mol. The molecule has 1 aliphatic carbocycles. The van der Waals surface area contributed by atoms with E-state index >= 15 is 0 Å². The minimum Gasteiger partial charge on any atom is -0.294 e. The van der Waals surface area contributed by atoms with Crippen LogP contribution in [0.5, 0.6) is 0 Å². The third kappa shape index (κ3) is 4.01.